The van der Waals surface area contributed by atoms with Gasteiger partial charge in [0.05, 0.1) is 11.4 Å². The fourth-order valence-corrected chi connectivity index (χ4v) is 4.42. The number of rotatable bonds is 6. The average Bonchev–Trinajstić information content (AvgIpc) is 2.46. The predicted molar refractivity (Wildman–Crippen MR) is 102 cm³/mol. The van der Waals surface area contributed by atoms with Crippen LogP contribution in [-0.4, -0.2) is 50.2 Å². The van der Waals surface area contributed by atoms with Gasteiger partial charge in [0.15, 0.2) is 0 Å². The predicted octanol–water partition coefficient (Wildman–Crippen LogP) is 3.09. The van der Waals surface area contributed by atoms with E-state index in [2.05, 4.69) is 20.8 Å². The van der Waals surface area contributed by atoms with Crippen LogP contribution in [-0.2, 0) is 20.2 Å². The second-order valence-electron chi connectivity index (χ2n) is 7.52. The number of likely N-dealkylation sites (N-methyl/N-ethyl adjacent to an activating group) is 2. The summed E-state index contributed by atoms with van der Waals surface area (Å²) < 4.78 is 27.2. The van der Waals surface area contributed by atoms with Crippen LogP contribution in [0.1, 0.15) is 51.3 Å². The van der Waals surface area contributed by atoms with Crippen molar-refractivity contribution in [2.75, 3.05) is 26.7 Å². The van der Waals surface area contributed by atoms with Crippen LogP contribution in [0.15, 0.2) is 17.0 Å². The molecule has 0 atom stereocenters. The number of aryl methyl sites for hydroxylation is 2. The topological polar surface area (TPSA) is 57.7 Å². The van der Waals surface area contributed by atoms with Crippen molar-refractivity contribution < 1.29 is 13.2 Å². The largest absolute Gasteiger partial charge is 0.342 e. The fraction of sp³-hybridized carbons (Fsp3) is 0.632. The van der Waals surface area contributed by atoms with E-state index in [0.29, 0.717) is 29.1 Å². The van der Waals surface area contributed by atoms with Crippen LogP contribution in [0.25, 0.3) is 0 Å². The van der Waals surface area contributed by atoms with Crippen molar-refractivity contribution in [1.82, 2.24) is 9.21 Å². The van der Waals surface area contributed by atoms with Gasteiger partial charge in [0, 0.05) is 20.1 Å². The molecule has 0 aliphatic rings. The lowest BCUT2D eigenvalue weighted by atomic mass is 9.85. The molecule has 1 aromatic carbocycles. The molecule has 6 heteroatoms. The van der Waals surface area contributed by atoms with Gasteiger partial charge in [-0.3, -0.25) is 4.79 Å². The van der Waals surface area contributed by atoms with Gasteiger partial charge < -0.3 is 4.90 Å². The summed E-state index contributed by atoms with van der Waals surface area (Å²) in [7, 11) is -2.26. The van der Waals surface area contributed by atoms with E-state index in [-0.39, 0.29) is 17.9 Å². The molecule has 0 aliphatic carbocycles. The Kier molecular flexibility index (Phi) is 6.81. The third kappa shape index (κ3) is 4.82. The first-order valence-electron chi connectivity index (χ1n) is 8.72. The standard InChI is InChI=1S/C19H32N2O3S/c1-9-21(10-2)17(22)13-20(8)25(23,24)18-14(3)11-16(12-15(18)4)19(5,6)7/h11-12H,9-10,13H2,1-8H3. The molecule has 0 aliphatic heterocycles. The highest BCUT2D eigenvalue weighted by Gasteiger charge is 2.28. The third-order valence-corrected chi connectivity index (χ3v) is 6.58. The van der Waals surface area contributed by atoms with Gasteiger partial charge in [0.2, 0.25) is 15.9 Å². The van der Waals surface area contributed by atoms with Crippen LogP contribution >= 0.6 is 0 Å². The van der Waals surface area contributed by atoms with Crippen LogP contribution in [0.3, 0.4) is 0 Å². The quantitative estimate of drug-likeness (QED) is 0.775. The lowest BCUT2D eigenvalue weighted by Crippen LogP contribution is -2.41. The highest BCUT2D eigenvalue weighted by atomic mass is 32.2. The van der Waals surface area contributed by atoms with Crippen molar-refractivity contribution in [3.8, 4) is 0 Å². The number of carbonyl (C=O) groups is 1. The Bertz CT molecular complexity index is 707. The Balaban J connectivity index is 3.24. The second kappa shape index (κ2) is 7.87. The van der Waals surface area contributed by atoms with Crippen LogP contribution in [0.5, 0.6) is 0 Å². The number of carbonyl (C=O) groups excluding carboxylic acids is 1. The fourth-order valence-electron chi connectivity index (χ4n) is 2.90. The molecule has 0 fully saturated rings. The zero-order valence-corrected chi connectivity index (χ0v) is 17.6. The van der Waals surface area contributed by atoms with Crippen molar-refractivity contribution >= 4 is 15.9 Å². The van der Waals surface area contributed by atoms with E-state index in [1.54, 1.807) is 4.90 Å². The van der Waals surface area contributed by atoms with E-state index in [0.717, 1.165) is 9.87 Å². The third-order valence-electron chi connectivity index (χ3n) is 4.47. The van der Waals surface area contributed by atoms with Gasteiger partial charge in [0.25, 0.3) is 0 Å². The molecule has 25 heavy (non-hydrogen) atoms. The number of amides is 1. The molecule has 5 nitrogen and oxygen atoms in total. The molecule has 142 valence electrons. The van der Waals surface area contributed by atoms with Crippen LogP contribution in [0.4, 0.5) is 0 Å². The first kappa shape index (κ1) is 21.6. The molecule has 0 N–H and O–H groups in total. The van der Waals surface area contributed by atoms with Crippen LogP contribution in [0, 0.1) is 13.8 Å². The van der Waals surface area contributed by atoms with E-state index in [1.807, 2.05) is 39.8 Å². The van der Waals surface area contributed by atoms with E-state index in [9.17, 15) is 13.2 Å². The van der Waals surface area contributed by atoms with Gasteiger partial charge in [-0.05, 0) is 49.8 Å². The van der Waals surface area contributed by atoms with Gasteiger partial charge in [-0.2, -0.15) is 4.31 Å². The van der Waals surface area contributed by atoms with Crippen molar-refractivity contribution in [1.29, 1.82) is 0 Å². The Hall–Kier alpha value is -1.40. The van der Waals surface area contributed by atoms with Crippen molar-refractivity contribution in [2.24, 2.45) is 0 Å². The maximum absolute atomic E-state index is 13.0. The summed E-state index contributed by atoms with van der Waals surface area (Å²) in [5, 5.41) is 0. The Morgan fingerprint density at radius 1 is 1.04 bits per heavy atom. The van der Waals surface area contributed by atoms with E-state index >= 15 is 0 Å². The summed E-state index contributed by atoms with van der Waals surface area (Å²) in [6, 6.07) is 3.86. The SMILES string of the molecule is CCN(CC)C(=O)CN(C)S(=O)(=O)c1c(C)cc(C(C)(C)C)cc1C. The van der Waals surface area contributed by atoms with E-state index < -0.39 is 10.0 Å². The smallest absolute Gasteiger partial charge is 0.243 e. The summed E-state index contributed by atoms with van der Waals surface area (Å²) in [5.41, 5.74) is 2.48. The maximum Gasteiger partial charge on any atom is 0.243 e. The summed E-state index contributed by atoms with van der Waals surface area (Å²) in [4.78, 5) is 14.2. The molecule has 1 rings (SSSR count). The maximum atomic E-state index is 13.0. The monoisotopic (exact) mass is 368 g/mol. The molecule has 0 saturated heterocycles. The highest BCUT2D eigenvalue weighted by Crippen LogP contribution is 2.30. The molecule has 0 radical (unpaired) electrons. The number of hydrogen-bond acceptors (Lipinski definition) is 3. The molecule has 0 bridgehead atoms. The number of benzene rings is 1. The Morgan fingerprint density at radius 3 is 1.84 bits per heavy atom. The molecule has 0 aromatic heterocycles. The Morgan fingerprint density at radius 2 is 1.48 bits per heavy atom. The summed E-state index contributed by atoms with van der Waals surface area (Å²) in [6.07, 6.45) is 0. The average molecular weight is 369 g/mol. The van der Waals surface area contributed by atoms with Crippen LogP contribution < -0.4 is 0 Å². The molecule has 0 unspecified atom stereocenters. The van der Waals surface area contributed by atoms with Gasteiger partial charge in [-0.15, -0.1) is 0 Å². The van der Waals surface area contributed by atoms with E-state index in [4.69, 9.17) is 0 Å². The van der Waals surface area contributed by atoms with E-state index in [1.165, 1.54) is 7.05 Å². The zero-order chi connectivity index (χ0) is 19.6. The molecule has 0 saturated carbocycles. The highest BCUT2D eigenvalue weighted by molar-refractivity contribution is 7.89. The second-order valence-corrected chi connectivity index (χ2v) is 9.50. The number of hydrogen-bond donors (Lipinski definition) is 0. The van der Waals surface area contributed by atoms with Crippen molar-refractivity contribution in [3.05, 3.63) is 28.8 Å². The minimum atomic E-state index is -3.72. The summed E-state index contributed by atoms with van der Waals surface area (Å²) >= 11 is 0. The van der Waals surface area contributed by atoms with Crippen molar-refractivity contribution in [2.45, 2.75) is 58.8 Å². The zero-order valence-electron chi connectivity index (χ0n) is 16.8. The minimum absolute atomic E-state index is 0.0531. The molecule has 1 aromatic rings. The lowest BCUT2D eigenvalue weighted by Gasteiger charge is -2.26. The first-order valence-corrected chi connectivity index (χ1v) is 10.2. The number of sulfonamides is 1. The first-order chi connectivity index (χ1) is 11.4. The van der Waals surface area contributed by atoms with Gasteiger partial charge >= 0.3 is 0 Å². The van der Waals surface area contributed by atoms with Crippen molar-refractivity contribution in [3.63, 3.8) is 0 Å². The summed E-state index contributed by atoms with van der Waals surface area (Å²) in [6.45, 7) is 14.7. The van der Waals surface area contributed by atoms with Gasteiger partial charge in [-0.25, -0.2) is 8.42 Å². The van der Waals surface area contributed by atoms with Crippen LogP contribution in [0.2, 0.25) is 0 Å². The minimum Gasteiger partial charge on any atom is -0.342 e. The summed E-state index contributed by atoms with van der Waals surface area (Å²) in [5.74, 6) is -0.183. The van der Waals surface area contributed by atoms with Gasteiger partial charge in [0.1, 0.15) is 0 Å². The lowest BCUT2D eigenvalue weighted by molar-refractivity contribution is -0.130. The Labute approximate surface area is 153 Å². The molecule has 0 spiro atoms. The van der Waals surface area contributed by atoms with Gasteiger partial charge in [-0.1, -0.05) is 32.9 Å². The molecule has 1 amide bonds. The molecular weight excluding hydrogens is 336 g/mol. The molecule has 0 heterocycles. The number of nitrogens with zero attached hydrogens (tertiary/aromatic N) is 2. The normalized spacial score (nSPS) is 12.5. The molecular formula is C19H32N2O3S.